The molecule has 2 heterocycles. The third-order valence-corrected chi connectivity index (χ3v) is 2.47. The Morgan fingerprint density at radius 1 is 1.56 bits per heavy atom. The average Bonchev–Trinajstić information content (AvgIpc) is 2.71. The van der Waals surface area contributed by atoms with Crippen LogP contribution in [0, 0.1) is 5.82 Å². The number of rotatable bonds is 6. The molecule has 1 atom stereocenters. The summed E-state index contributed by atoms with van der Waals surface area (Å²) >= 11 is 0. The van der Waals surface area contributed by atoms with Gasteiger partial charge in [-0.3, -0.25) is 0 Å². The zero-order valence-corrected chi connectivity index (χ0v) is 10.0. The fourth-order valence-electron chi connectivity index (χ4n) is 1.66. The van der Waals surface area contributed by atoms with Crippen molar-refractivity contribution >= 4 is 11.6 Å². The lowest BCUT2D eigenvalue weighted by Crippen LogP contribution is -2.26. The van der Waals surface area contributed by atoms with E-state index in [1.54, 1.807) is 13.2 Å². The van der Waals surface area contributed by atoms with Crippen LogP contribution in [-0.4, -0.2) is 46.1 Å². The van der Waals surface area contributed by atoms with Gasteiger partial charge in [-0.15, -0.1) is 5.10 Å². The van der Waals surface area contributed by atoms with Crippen LogP contribution in [0.3, 0.4) is 0 Å². The van der Waals surface area contributed by atoms with Crippen LogP contribution < -0.4 is 5.32 Å². The average molecular weight is 254 g/mol. The zero-order chi connectivity index (χ0) is 13.0. The highest BCUT2D eigenvalue weighted by molar-refractivity contribution is 5.43. The molecule has 0 saturated heterocycles. The molecule has 0 aliphatic carbocycles. The number of methoxy groups -OCH3 is 1. The molecule has 0 bridgehead atoms. The Morgan fingerprint density at radius 3 is 3.11 bits per heavy atom. The van der Waals surface area contributed by atoms with Crippen LogP contribution in [0.4, 0.5) is 10.3 Å². The largest absolute Gasteiger partial charge is 0.396 e. The zero-order valence-electron chi connectivity index (χ0n) is 10.0. The summed E-state index contributed by atoms with van der Waals surface area (Å²) < 4.78 is 19.4. The van der Waals surface area contributed by atoms with Gasteiger partial charge in [0, 0.05) is 13.7 Å². The number of nitrogens with one attached hydrogen (secondary N) is 1. The van der Waals surface area contributed by atoms with Crippen molar-refractivity contribution in [2.75, 3.05) is 25.6 Å². The van der Waals surface area contributed by atoms with E-state index in [1.165, 1.54) is 16.8 Å². The maximum Gasteiger partial charge on any atom is 0.243 e. The molecule has 2 rings (SSSR count). The van der Waals surface area contributed by atoms with Gasteiger partial charge in [-0.1, -0.05) is 0 Å². The van der Waals surface area contributed by atoms with Gasteiger partial charge in [-0.05, 0) is 18.6 Å². The molecule has 18 heavy (non-hydrogen) atoms. The molecule has 6 nitrogen and oxygen atoms in total. The second kappa shape index (κ2) is 5.74. The van der Waals surface area contributed by atoms with E-state index in [2.05, 4.69) is 15.4 Å². The van der Waals surface area contributed by atoms with Crippen molar-refractivity contribution in [2.24, 2.45) is 0 Å². The minimum atomic E-state index is -0.372. The summed E-state index contributed by atoms with van der Waals surface area (Å²) in [4.78, 5) is 4.20. The summed E-state index contributed by atoms with van der Waals surface area (Å²) in [5, 5.41) is 16.1. The lowest BCUT2D eigenvalue weighted by Gasteiger charge is -2.14. The van der Waals surface area contributed by atoms with Crippen LogP contribution in [0.15, 0.2) is 18.3 Å². The molecule has 0 fully saturated rings. The third kappa shape index (κ3) is 2.93. The maximum absolute atomic E-state index is 13.0. The van der Waals surface area contributed by atoms with Crippen molar-refractivity contribution in [3.63, 3.8) is 0 Å². The molecule has 0 aliphatic rings. The van der Waals surface area contributed by atoms with Gasteiger partial charge in [0.1, 0.15) is 5.82 Å². The van der Waals surface area contributed by atoms with Crippen molar-refractivity contribution < 1.29 is 14.2 Å². The van der Waals surface area contributed by atoms with Gasteiger partial charge in [0.15, 0.2) is 5.65 Å². The number of pyridine rings is 1. The summed E-state index contributed by atoms with van der Waals surface area (Å²) in [5.74, 6) is 0.0128. The summed E-state index contributed by atoms with van der Waals surface area (Å²) in [7, 11) is 1.58. The molecule has 0 aliphatic heterocycles. The van der Waals surface area contributed by atoms with Gasteiger partial charge in [0.25, 0.3) is 0 Å². The number of hydrogen-bond donors (Lipinski definition) is 2. The third-order valence-electron chi connectivity index (χ3n) is 2.47. The van der Waals surface area contributed by atoms with E-state index in [1.807, 2.05) is 0 Å². The summed E-state index contributed by atoms with van der Waals surface area (Å²) in [6.07, 6.45) is 1.78. The number of nitrogens with zero attached hydrogens (tertiary/aromatic N) is 3. The predicted molar refractivity (Wildman–Crippen MR) is 63.9 cm³/mol. The minimum Gasteiger partial charge on any atom is -0.396 e. The number of halogens is 1. The predicted octanol–water partition coefficient (Wildman–Crippen LogP) is 0.678. The van der Waals surface area contributed by atoms with E-state index >= 15 is 0 Å². The van der Waals surface area contributed by atoms with E-state index in [0.717, 1.165) is 0 Å². The van der Waals surface area contributed by atoms with Gasteiger partial charge >= 0.3 is 0 Å². The van der Waals surface area contributed by atoms with E-state index in [4.69, 9.17) is 9.84 Å². The number of aliphatic hydroxyl groups is 1. The van der Waals surface area contributed by atoms with E-state index in [9.17, 15) is 4.39 Å². The van der Waals surface area contributed by atoms with Gasteiger partial charge in [0.05, 0.1) is 18.8 Å². The number of aliphatic hydroxyl groups excluding tert-OH is 1. The van der Waals surface area contributed by atoms with Crippen molar-refractivity contribution in [3.05, 3.63) is 24.1 Å². The lowest BCUT2D eigenvalue weighted by atomic mass is 10.2. The number of ether oxygens (including phenoxy) is 1. The first-order valence-corrected chi connectivity index (χ1v) is 5.61. The topological polar surface area (TPSA) is 71.7 Å². The van der Waals surface area contributed by atoms with Gasteiger partial charge < -0.3 is 15.2 Å². The molecule has 0 spiro atoms. The number of anilines is 1. The second-order valence-corrected chi connectivity index (χ2v) is 3.89. The molecule has 2 N–H and O–H groups in total. The molecule has 2 aromatic rings. The smallest absolute Gasteiger partial charge is 0.243 e. The molecule has 1 unspecified atom stereocenters. The van der Waals surface area contributed by atoms with Gasteiger partial charge in [-0.25, -0.2) is 8.91 Å². The normalized spacial score (nSPS) is 12.8. The first-order valence-electron chi connectivity index (χ1n) is 5.61. The Bertz CT molecular complexity index is 511. The molecule has 98 valence electrons. The first kappa shape index (κ1) is 12.7. The molecule has 7 heteroatoms. The Balaban J connectivity index is 2.14. The maximum atomic E-state index is 13.0. The van der Waals surface area contributed by atoms with Crippen molar-refractivity contribution in [1.29, 1.82) is 0 Å². The van der Waals surface area contributed by atoms with E-state index in [-0.39, 0.29) is 18.5 Å². The summed E-state index contributed by atoms with van der Waals surface area (Å²) in [6.45, 7) is 0.480. The SMILES string of the molecule is COCC(CCO)Nc1nc2ccc(F)cn2n1. The Labute approximate surface area is 103 Å². The Kier molecular flexibility index (Phi) is 4.06. The highest BCUT2D eigenvalue weighted by Crippen LogP contribution is 2.09. The van der Waals surface area contributed by atoms with Crippen LogP contribution >= 0.6 is 0 Å². The number of hydrogen-bond acceptors (Lipinski definition) is 5. The van der Waals surface area contributed by atoms with Gasteiger partial charge in [0.2, 0.25) is 5.95 Å². The van der Waals surface area contributed by atoms with Crippen molar-refractivity contribution in [2.45, 2.75) is 12.5 Å². The van der Waals surface area contributed by atoms with E-state index < -0.39 is 0 Å². The lowest BCUT2D eigenvalue weighted by molar-refractivity contribution is 0.170. The fourth-order valence-corrected chi connectivity index (χ4v) is 1.66. The number of fused-ring (bicyclic) bond motifs is 1. The molecule has 0 saturated carbocycles. The Hall–Kier alpha value is -1.73. The van der Waals surface area contributed by atoms with Crippen LogP contribution in [0.5, 0.6) is 0 Å². The fraction of sp³-hybridized carbons (Fsp3) is 0.455. The van der Waals surface area contributed by atoms with Crippen LogP contribution in [0.25, 0.3) is 5.65 Å². The highest BCUT2D eigenvalue weighted by atomic mass is 19.1. The first-order chi connectivity index (χ1) is 8.72. The Morgan fingerprint density at radius 2 is 2.39 bits per heavy atom. The standard InChI is InChI=1S/C11H15FN4O2/c1-18-7-9(4-5-17)13-11-14-10-3-2-8(12)6-16(10)15-11/h2-3,6,9,17H,4-5,7H2,1H3,(H,13,15). The van der Waals surface area contributed by atoms with Gasteiger partial charge in [-0.2, -0.15) is 4.98 Å². The monoisotopic (exact) mass is 254 g/mol. The second-order valence-electron chi connectivity index (χ2n) is 3.89. The molecule has 0 amide bonds. The van der Waals surface area contributed by atoms with Crippen molar-refractivity contribution in [3.8, 4) is 0 Å². The molecular formula is C11H15FN4O2. The van der Waals surface area contributed by atoms with Crippen LogP contribution in [0.1, 0.15) is 6.42 Å². The molecular weight excluding hydrogens is 239 g/mol. The van der Waals surface area contributed by atoms with Crippen LogP contribution in [0.2, 0.25) is 0 Å². The summed E-state index contributed by atoms with van der Waals surface area (Å²) in [5.41, 5.74) is 0.555. The highest BCUT2D eigenvalue weighted by Gasteiger charge is 2.11. The molecule has 2 aromatic heterocycles. The minimum absolute atomic E-state index is 0.0447. The van der Waals surface area contributed by atoms with E-state index in [0.29, 0.717) is 24.6 Å². The quantitative estimate of drug-likeness (QED) is 0.793. The van der Waals surface area contributed by atoms with Crippen LogP contribution in [-0.2, 0) is 4.74 Å². The number of aromatic nitrogens is 3. The van der Waals surface area contributed by atoms with Crippen molar-refractivity contribution in [1.82, 2.24) is 14.6 Å². The molecule has 0 radical (unpaired) electrons. The summed E-state index contributed by atoms with van der Waals surface area (Å²) in [6, 6.07) is 2.79. The molecule has 0 aromatic carbocycles.